The summed E-state index contributed by atoms with van der Waals surface area (Å²) < 4.78 is 6.24. The maximum absolute atomic E-state index is 10.9. The molecule has 0 amide bonds. The molecule has 0 aromatic heterocycles. The molecule has 0 radical (unpaired) electrons. The van der Waals surface area contributed by atoms with Crippen LogP contribution in [0.3, 0.4) is 0 Å². The summed E-state index contributed by atoms with van der Waals surface area (Å²) in [6, 6.07) is 0. The molecule has 0 aromatic rings. The maximum atomic E-state index is 10.9. The van der Waals surface area contributed by atoms with Crippen LogP contribution in [0.25, 0.3) is 0 Å². The van der Waals surface area contributed by atoms with Crippen LogP contribution in [0.2, 0.25) is 0 Å². The van der Waals surface area contributed by atoms with E-state index in [-0.39, 0.29) is 28.1 Å². The van der Waals surface area contributed by atoms with Gasteiger partial charge in [-0.15, -0.1) is 5.73 Å². The summed E-state index contributed by atoms with van der Waals surface area (Å²) >= 11 is 0. The van der Waals surface area contributed by atoms with Crippen molar-refractivity contribution in [1.29, 1.82) is 0 Å². The number of ether oxygens (including phenoxy) is 1. The molecule has 1 heterocycles. The van der Waals surface area contributed by atoms with Crippen LogP contribution in [-0.4, -0.2) is 44.3 Å². The molecule has 240 valence electrons. The third-order valence-corrected chi connectivity index (χ3v) is 9.39. The van der Waals surface area contributed by atoms with Gasteiger partial charge in [-0.3, -0.25) is 0 Å². The number of rotatable bonds is 9. The quantitative estimate of drug-likeness (QED) is 0.141. The third-order valence-electron chi connectivity index (χ3n) is 9.39. The average molecular weight is 601 g/mol. The lowest BCUT2D eigenvalue weighted by Crippen LogP contribution is -2.46. The van der Waals surface area contributed by atoms with E-state index in [1.165, 1.54) is 0 Å². The highest BCUT2D eigenvalue weighted by atomic mass is 16.6. The second-order valence-corrected chi connectivity index (χ2v) is 15.0. The Morgan fingerprint density at radius 2 is 1.18 bits per heavy atom. The second kappa shape index (κ2) is 13.7. The number of fused-ring (bicyclic) bond motifs is 1. The first-order valence-corrected chi connectivity index (χ1v) is 16.0. The molecule has 1 saturated heterocycles. The first-order valence-electron chi connectivity index (χ1n) is 16.0. The summed E-state index contributed by atoms with van der Waals surface area (Å²) in [6.45, 7) is 20.6. The number of epoxide rings is 1. The summed E-state index contributed by atoms with van der Waals surface area (Å²) in [5, 5.41) is 31.2. The second-order valence-electron chi connectivity index (χ2n) is 15.0. The van der Waals surface area contributed by atoms with Gasteiger partial charge in [0.15, 0.2) is 0 Å². The highest BCUT2D eigenvalue weighted by molar-refractivity contribution is 5.37. The monoisotopic (exact) mass is 600 g/mol. The fourth-order valence-electron chi connectivity index (χ4n) is 7.25. The van der Waals surface area contributed by atoms with Gasteiger partial charge in [0.25, 0.3) is 0 Å². The highest BCUT2D eigenvalue weighted by Gasteiger charge is 2.74. The first-order chi connectivity index (χ1) is 20.3. The lowest BCUT2D eigenvalue weighted by atomic mass is 9.63. The highest BCUT2D eigenvalue weighted by Crippen LogP contribution is 2.66. The molecule has 5 atom stereocenters. The van der Waals surface area contributed by atoms with E-state index >= 15 is 0 Å². The predicted octanol–water partition coefficient (Wildman–Crippen LogP) is 8.72. The van der Waals surface area contributed by atoms with Gasteiger partial charge in [0, 0.05) is 23.8 Å². The topological polar surface area (TPSA) is 73.2 Å². The molecule has 4 heteroatoms. The van der Waals surface area contributed by atoms with Crippen LogP contribution in [0.5, 0.6) is 0 Å². The number of aliphatic hydroxyl groups is 3. The lowest BCUT2D eigenvalue weighted by Gasteiger charge is -2.43. The van der Waals surface area contributed by atoms with Crippen LogP contribution in [0.1, 0.15) is 94.9 Å². The fourth-order valence-corrected chi connectivity index (χ4v) is 7.25. The Morgan fingerprint density at radius 3 is 1.73 bits per heavy atom. The number of hydrogen-bond acceptors (Lipinski definition) is 4. The van der Waals surface area contributed by atoms with Gasteiger partial charge in [0.2, 0.25) is 0 Å². The van der Waals surface area contributed by atoms with E-state index in [4.69, 9.17) is 4.74 Å². The van der Waals surface area contributed by atoms with E-state index < -0.39 is 11.7 Å². The van der Waals surface area contributed by atoms with Gasteiger partial charge < -0.3 is 20.1 Å². The SMILES string of the molecule is CC(=C/C=C/C=C(C)/C=C/C=C(\C)C=C=C1C(C)(C)C[C@H](O)C[C@@]1(C)O)/C=C/C=C(C)\C=C\[C@@]12O[C@]1(C)C[C@@H](O)CC2(C)C. The molecule has 3 fully saturated rings. The van der Waals surface area contributed by atoms with Crippen LogP contribution in [0, 0.1) is 10.8 Å². The molecule has 0 unspecified atom stereocenters. The summed E-state index contributed by atoms with van der Waals surface area (Å²) in [4.78, 5) is 0. The molecule has 3 rings (SSSR count). The van der Waals surface area contributed by atoms with Crippen molar-refractivity contribution in [3.8, 4) is 0 Å². The minimum absolute atomic E-state index is 0.103. The molecule has 2 aliphatic carbocycles. The molecule has 44 heavy (non-hydrogen) atoms. The molecule has 0 spiro atoms. The predicted molar refractivity (Wildman–Crippen MR) is 184 cm³/mol. The molecule has 4 nitrogen and oxygen atoms in total. The molecule has 0 aromatic carbocycles. The lowest BCUT2D eigenvalue weighted by molar-refractivity contribution is -0.0268. The number of hydrogen-bond donors (Lipinski definition) is 3. The van der Waals surface area contributed by atoms with E-state index in [0.717, 1.165) is 34.3 Å². The van der Waals surface area contributed by atoms with Crippen LogP contribution in [0.4, 0.5) is 0 Å². The zero-order chi connectivity index (χ0) is 33.0. The third kappa shape index (κ3) is 8.71. The van der Waals surface area contributed by atoms with E-state index in [0.29, 0.717) is 19.3 Å². The Bertz CT molecular complexity index is 1360. The normalized spacial score (nSPS) is 34.7. The minimum Gasteiger partial charge on any atom is -0.393 e. The standard InChI is InChI=1S/C40H56O4/c1-29(17-13-19-31(3)21-22-35-36(5,6)25-33(41)27-38(35,9)43)15-11-12-16-30(2)18-14-20-32(4)23-24-40-37(7,8)26-34(42)28-39(40,10)44-40/h11-21,23-24,33-34,41-43H,25-28H2,1-10H3/b12-11+,17-13+,18-14+,24-23+,29-15+,30-16-,31-19+,32-20-/t22?,33-,34-,38+,39+,40-/m0/s1. The van der Waals surface area contributed by atoms with Crippen molar-refractivity contribution >= 4 is 0 Å². The van der Waals surface area contributed by atoms with Crippen molar-refractivity contribution < 1.29 is 20.1 Å². The van der Waals surface area contributed by atoms with Crippen molar-refractivity contribution in [3.63, 3.8) is 0 Å². The zero-order valence-corrected chi connectivity index (χ0v) is 28.7. The number of allylic oxidation sites excluding steroid dienone is 15. The minimum atomic E-state index is -1.05. The van der Waals surface area contributed by atoms with Gasteiger partial charge in [-0.25, -0.2) is 0 Å². The molecule has 1 aliphatic heterocycles. The van der Waals surface area contributed by atoms with Crippen molar-refractivity contribution in [2.75, 3.05) is 0 Å². The Labute approximate surface area is 267 Å². The number of aliphatic hydroxyl groups excluding tert-OH is 2. The van der Waals surface area contributed by atoms with Crippen LogP contribution >= 0.6 is 0 Å². The van der Waals surface area contributed by atoms with Gasteiger partial charge in [-0.2, -0.15) is 0 Å². The first kappa shape index (κ1) is 35.8. The van der Waals surface area contributed by atoms with E-state index in [1.54, 1.807) is 6.92 Å². The Hall–Kier alpha value is -2.72. The van der Waals surface area contributed by atoms with E-state index in [9.17, 15) is 15.3 Å². The summed E-state index contributed by atoms with van der Waals surface area (Å²) in [6.07, 6.45) is 28.5. The van der Waals surface area contributed by atoms with Crippen molar-refractivity contribution in [3.05, 3.63) is 113 Å². The molecule has 3 N–H and O–H groups in total. The largest absolute Gasteiger partial charge is 0.393 e. The van der Waals surface area contributed by atoms with Crippen LogP contribution in [0.15, 0.2) is 113 Å². The maximum Gasteiger partial charge on any atom is 0.121 e. The van der Waals surface area contributed by atoms with Gasteiger partial charge in [-0.05, 0) is 77.5 Å². The van der Waals surface area contributed by atoms with E-state index in [1.807, 2.05) is 37.3 Å². The van der Waals surface area contributed by atoms with Gasteiger partial charge in [0.05, 0.1) is 17.8 Å². The Balaban J connectivity index is 1.53. The van der Waals surface area contributed by atoms with Crippen molar-refractivity contribution in [1.82, 2.24) is 0 Å². The van der Waals surface area contributed by atoms with Gasteiger partial charge >= 0.3 is 0 Å². The zero-order valence-electron chi connectivity index (χ0n) is 28.7. The van der Waals surface area contributed by atoms with Gasteiger partial charge in [-0.1, -0.05) is 111 Å². The Kier molecular flexibility index (Phi) is 11.2. The van der Waals surface area contributed by atoms with Crippen molar-refractivity contribution in [2.45, 2.75) is 124 Å². The molecule has 2 saturated carbocycles. The molecule has 3 aliphatic rings. The summed E-state index contributed by atoms with van der Waals surface area (Å²) in [5.74, 6) is 0. The molecular formula is C40H56O4. The van der Waals surface area contributed by atoms with Crippen molar-refractivity contribution in [2.24, 2.45) is 10.8 Å². The van der Waals surface area contributed by atoms with E-state index in [2.05, 4.69) is 110 Å². The summed E-state index contributed by atoms with van der Waals surface area (Å²) in [5.41, 5.74) is 6.63. The van der Waals surface area contributed by atoms with Gasteiger partial charge in [0.1, 0.15) is 11.2 Å². The molecule has 0 bridgehead atoms. The Morgan fingerprint density at radius 1 is 0.682 bits per heavy atom. The molecular weight excluding hydrogens is 544 g/mol. The summed E-state index contributed by atoms with van der Waals surface area (Å²) in [7, 11) is 0. The van der Waals surface area contributed by atoms with Crippen LogP contribution < -0.4 is 0 Å². The fraction of sp³-hybridized carbons (Fsp3) is 0.525. The smallest absolute Gasteiger partial charge is 0.121 e. The average Bonchev–Trinajstić information content (AvgIpc) is 3.49. The van der Waals surface area contributed by atoms with Crippen LogP contribution in [-0.2, 0) is 4.74 Å².